The molecule has 0 radical (unpaired) electrons. The molecule has 14 heavy (non-hydrogen) atoms. The number of sulfonamides is 1. The molecule has 2 rings (SSSR count). The lowest BCUT2D eigenvalue weighted by Crippen LogP contribution is -2.42. The van der Waals surface area contributed by atoms with Gasteiger partial charge in [-0.2, -0.15) is 4.31 Å². The van der Waals surface area contributed by atoms with Gasteiger partial charge in [0.05, 0.1) is 6.26 Å². The Balaban J connectivity index is 2.28. The van der Waals surface area contributed by atoms with Gasteiger partial charge >= 0.3 is 0 Å². The van der Waals surface area contributed by atoms with Gasteiger partial charge in [0.2, 0.25) is 10.0 Å². The van der Waals surface area contributed by atoms with Crippen LogP contribution in [0.5, 0.6) is 0 Å². The van der Waals surface area contributed by atoms with Crippen LogP contribution in [0.1, 0.15) is 25.7 Å². The maximum atomic E-state index is 11.5. The summed E-state index contributed by atoms with van der Waals surface area (Å²) in [7, 11) is -3.03. The Morgan fingerprint density at radius 1 is 1.50 bits per heavy atom. The molecule has 0 aromatic rings. The van der Waals surface area contributed by atoms with Crippen molar-refractivity contribution >= 4 is 10.0 Å². The molecule has 1 aliphatic carbocycles. The molecular formula is C9H18N2O2S. The van der Waals surface area contributed by atoms with Crippen LogP contribution in [0.2, 0.25) is 0 Å². The summed E-state index contributed by atoms with van der Waals surface area (Å²) >= 11 is 0. The van der Waals surface area contributed by atoms with Gasteiger partial charge in [0.15, 0.2) is 0 Å². The quantitative estimate of drug-likeness (QED) is 0.717. The Hall–Kier alpha value is -0.130. The molecule has 2 atom stereocenters. The summed E-state index contributed by atoms with van der Waals surface area (Å²) in [6, 6.07) is 0.183. The van der Waals surface area contributed by atoms with Crippen molar-refractivity contribution in [2.45, 2.75) is 31.7 Å². The molecule has 0 aromatic carbocycles. The topological polar surface area (TPSA) is 63.4 Å². The second-order valence-corrected chi connectivity index (χ2v) is 6.53. The summed E-state index contributed by atoms with van der Waals surface area (Å²) < 4.78 is 24.7. The van der Waals surface area contributed by atoms with Crippen molar-refractivity contribution in [3.8, 4) is 0 Å². The molecule has 0 amide bonds. The first-order valence-corrected chi connectivity index (χ1v) is 7.01. The van der Waals surface area contributed by atoms with Crippen LogP contribution in [0.4, 0.5) is 0 Å². The summed E-state index contributed by atoms with van der Waals surface area (Å²) in [5.41, 5.74) is 5.89. The normalized spacial score (nSPS) is 38.9. The highest BCUT2D eigenvalue weighted by atomic mass is 32.2. The minimum atomic E-state index is -3.03. The van der Waals surface area contributed by atoms with Crippen LogP contribution in [0, 0.1) is 5.41 Å². The second kappa shape index (κ2) is 3.18. The lowest BCUT2D eigenvalue weighted by atomic mass is 9.83. The van der Waals surface area contributed by atoms with Crippen LogP contribution in [-0.2, 0) is 10.0 Å². The molecule has 0 unspecified atom stereocenters. The first-order valence-electron chi connectivity index (χ1n) is 5.16. The highest BCUT2D eigenvalue weighted by Gasteiger charge is 2.51. The van der Waals surface area contributed by atoms with Gasteiger partial charge in [0.25, 0.3) is 0 Å². The lowest BCUT2D eigenvalue weighted by molar-refractivity contribution is 0.257. The van der Waals surface area contributed by atoms with E-state index >= 15 is 0 Å². The van der Waals surface area contributed by atoms with Gasteiger partial charge in [0, 0.05) is 18.0 Å². The molecular weight excluding hydrogens is 200 g/mol. The largest absolute Gasteiger partial charge is 0.330 e. The first-order chi connectivity index (χ1) is 6.49. The van der Waals surface area contributed by atoms with Crippen molar-refractivity contribution in [1.82, 2.24) is 4.31 Å². The predicted octanol–water partition coefficient (Wildman–Crippen LogP) is 0.149. The number of rotatable bonds is 2. The number of nitrogens with two attached hydrogens (primary N) is 1. The Morgan fingerprint density at radius 3 is 2.79 bits per heavy atom. The number of fused-ring (bicyclic) bond motifs is 1. The van der Waals surface area contributed by atoms with E-state index in [4.69, 9.17) is 5.73 Å². The zero-order chi connectivity index (χ0) is 10.4. The maximum absolute atomic E-state index is 11.5. The van der Waals surface area contributed by atoms with Crippen LogP contribution in [0.3, 0.4) is 0 Å². The van der Waals surface area contributed by atoms with Gasteiger partial charge in [-0.05, 0) is 25.8 Å². The molecule has 2 aliphatic rings. The van der Waals surface area contributed by atoms with Gasteiger partial charge in [-0.25, -0.2) is 8.42 Å². The average Bonchev–Trinajstić information content (AvgIpc) is 2.57. The van der Waals surface area contributed by atoms with Crippen LogP contribution in [0.25, 0.3) is 0 Å². The smallest absolute Gasteiger partial charge is 0.211 e. The van der Waals surface area contributed by atoms with E-state index in [0.29, 0.717) is 13.1 Å². The third kappa shape index (κ3) is 1.38. The Kier molecular flexibility index (Phi) is 2.36. The summed E-state index contributed by atoms with van der Waals surface area (Å²) in [5, 5.41) is 0. The van der Waals surface area contributed by atoms with E-state index in [-0.39, 0.29) is 11.5 Å². The van der Waals surface area contributed by atoms with Crippen molar-refractivity contribution in [3.05, 3.63) is 0 Å². The summed E-state index contributed by atoms with van der Waals surface area (Å²) in [6.07, 6.45) is 5.46. The summed E-state index contributed by atoms with van der Waals surface area (Å²) in [5.74, 6) is 0. The van der Waals surface area contributed by atoms with Crippen molar-refractivity contribution in [1.29, 1.82) is 0 Å². The van der Waals surface area contributed by atoms with Crippen LogP contribution < -0.4 is 5.73 Å². The van der Waals surface area contributed by atoms with Crippen molar-refractivity contribution in [3.63, 3.8) is 0 Å². The van der Waals surface area contributed by atoms with E-state index < -0.39 is 10.0 Å². The van der Waals surface area contributed by atoms with Gasteiger partial charge in [-0.1, -0.05) is 6.42 Å². The van der Waals surface area contributed by atoms with Crippen molar-refractivity contribution < 1.29 is 8.42 Å². The molecule has 1 aliphatic heterocycles. The number of nitrogens with zero attached hydrogens (tertiary/aromatic N) is 1. The number of hydrogen-bond acceptors (Lipinski definition) is 3. The van der Waals surface area contributed by atoms with Crippen LogP contribution >= 0.6 is 0 Å². The molecule has 0 bridgehead atoms. The van der Waals surface area contributed by atoms with E-state index in [1.807, 2.05) is 0 Å². The molecule has 5 heteroatoms. The van der Waals surface area contributed by atoms with Gasteiger partial charge in [-0.3, -0.25) is 0 Å². The zero-order valence-electron chi connectivity index (χ0n) is 8.57. The Labute approximate surface area is 85.5 Å². The van der Waals surface area contributed by atoms with E-state index in [1.165, 1.54) is 6.26 Å². The number of hydrogen-bond donors (Lipinski definition) is 1. The molecule has 2 fully saturated rings. The molecule has 0 aromatic heterocycles. The fourth-order valence-electron chi connectivity index (χ4n) is 3.09. The van der Waals surface area contributed by atoms with Crippen molar-refractivity contribution in [2.24, 2.45) is 11.1 Å². The van der Waals surface area contributed by atoms with E-state index in [1.54, 1.807) is 4.31 Å². The molecule has 2 N–H and O–H groups in total. The third-order valence-corrected chi connectivity index (χ3v) is 5.16. The van der Waals surface area contributed by atoms with Gasteiger partial charge in [0.1, 0.15) is 0 Å². The lowest BCUT2D eigenvalue weighted by Gasteiger charge is -2.29. The summed E-state index contributed by atoms with van der Waals surface area (Å²) in [6.45, 7) is 1.30. The third-order valence-electron chi connectivity index (χ3n) is 3.87. The standard InChI is InChI=1S/C9H18N2O2S/c1-14(12,13)11-6-5-9(7-10)4-2-3-8(9)11/h8H,2-7,10H2,1H3/t8-,9-/m0/s1. The second-order valence-electron chi connectivity index (χ2n) is 4.60. The van der Waals surface area contributed by atoms with E-state index in [9.17, 15) is 8.42 Å². The van der Waals surface area contributed by atoms with Crippen LogP contribution in [-0.4, -0.2) is 38.1 Å². The highest BCUT2D eigenvalue weighted by Crippen LogP contribution is 2.48. The minimum absolute atomic E-state index is 0.100. The highest BCUT2D eigenvalue weighted by molar-refractivity contribution is 7.88. The molecule has 4 nitrogen and oxygen atoms in total. The first kappa shape index (κ1) is 10.4. The Morgan fingerprint density at radius 2 is 2.21 bits per heavy atom. The van der Waals surface area contributed by atoms with Gasteiger partial charge < -0.3 is 5.73 Å². The molecule has 0 spiro atoms. The molecule has 1 saturated heterocycles. The minimum Gasteiger partial charge on any atom is -0.330 e. The van der Waals surface area contributed by atoms with E-state index in [2.05, 4.69) is 0 Å². The Bertz CT molecular complexity index is 328. The average molecular weight is 218 g/mol. The zero-order valence-corrected chi connectivity index (χ0v) is 9.39. The predicted molar refractivity (Wildman–Crippen MR) is 55.3 cm³/mol. The maximum Gasteiger partial charge on any atom is 0.211 e. The van der Waals surface area contributed by atoms with E-state index in [0.717, 1.165) is 25.7 Å². The SMILES string of the molecule is CS(=O)(=O)N1CC[C@]2(CN)CCC[C@H]12. The molecule has 1 saturated carbocycles. The van der Waals surface area contributed by atoms with Gasteiger partial charge in [-0.15, -0.1) is 0 Å². The van der Waals surface area contributed by atoms with Crippen LogP contribution in [0.15, 0.2) is 0 Å². The molecule has 82 valence electrons. The summed E-state index contributed by atoms with van der Waals surface area (Å²) in [4.78, 5) is 0. The van der Waals surface area contributed by atoms with Crippen molar-refractivity contribution in [2.75, 3.05) is 19.3 Å². The molecule has 1 heterocycles. The fourth-order valence-corrected chi connectivity index (χ4v) is 4.30. The monoisotopic (exact) mass is 218 g/mol. The fraction of sp³-hybridized carbons (Fsp3) is 1.00.